The minimum absolute atomic E-state index is 0.0159. The first kappa shape index (κ1) is 15.3. The van der Waals surface area contributed by atoms with Crippen LogP contribution in [0.5, 0.6) is 0 Å². The van der Waals surface area contributed by atoms with Crippen LogP contribution in [-0.4, -0.2) is 46.8 Å². The molecule has 3 atom stereocenters. The minimum Gasteiger partial charge on any atom is -0.381 e. The number of carbonyl (C=O) groups excluding carboxylic acids is 1. The number of hydrogen-bond donors (Lipinski definition) is 0. The SMILES string of the molecule is Cc1ccc(C(=O)N2C[C@H](c3ccccc3)[C@@H]3COCC[C@H]32)nn1. The van der Waals surface area contributed by atoms with Gasteiger partial charge in [-0.05, 0) is 31.0 Å². The first-order chi connectivity index (χ1) is 11.7. The Hall–Kier alpha value is -2.27. The zero-order valence-electron chi connectivity index (χ0n) is 13.8. The summed E-state index contributed by atoms with van der Waals surface area (Å²) in [5, 5.41) is 8.12. The number of carbonyl (C=O) groups is 1. The maximum atomic E-state index is 13.0. The van der Waals surface area contributed by atoms with Crippen LogP contribution < -0.4 is 0 Å². The van der Waals surface area contributed by atoms with E-state index in [9.17, 15) is 4.79 Å². The Kier molecular flexibility index (Phi) is 4.02. The molecule has 5 heteroatoms. The summed E-state index contributed by atoms with van der Waals surface area (Å²) in [6, 6.07) is 14.3. The standard InChI is InChI=1S/C19H21N3O2/c1-13-7-8-17(21-20-13)19(23)22-11-15(14-5-3-2-4-6-14)16-12-24-10-9-18(16)22/h2-8,15-16,18H,9-12H2,1H3/t15-,16+,18-/m1/s1. The Labute approximate surface area is 141 Å². The van der Waals surface area contributed by atoms with Gasteiger partial charge in [-0.25, -0.2) is 0 Å². The van der Waals surface area contributed by atoms with Crippen molar-refractivity contribution in [3.05, 3.63) is 59.4 Å². The van der Waals surface area contributed by atoms with Gasteiger partial charge in [0.25, 0.3) is 5.91 Å². The molecule has 1 aromatic heterocycles. The van der Waals surface area contributed by atoms with Crippen molar-refractivity contribution in [1.29, 1.82) is 0 Å². The van der Waals surface area contributed by atoms with E-state index in [-0.39, 0.29) is 11.9 Å². The number of likely N-dealkylation sites (tertiary alicyclic amines) is 1. The van der Waals surface area contributed by atoms with E-state index >= 15 is 0 Å². The molecule has 0 aliphatic carbocycles. The van der Waals surface area contributed by atoms with Crippen LogP contribution in [0, 0.1) is 12.8 Å². The lowest BCUT2D eigenvalue weighted by Crippen LogP contribution is -2.42. The van der Waals surface area contributed by atoms with Crippen LogP contribution in [0.1, 0.15) is 34.1 Å². The van der Waals surface area contributed by atoms with Gasteiger partial charge in [-0.2, -0.15) is 5.10 Å². The third-order valence-corrected chi connectivity index (χ3v) is 5.18. The fraction of sp³-hybridized carbons (Fsp3) is 0.421. The molecule has 124 valence electrons. The molecule has 0 radical (unpaired) electrons. The number of aryl methyl sites for hydroxylation is 1. The van der Waals surface area contributed by atoms with Crippen LogP contribution in [0.2, 0.25) is 0 Å². The van der Waals surface area contributed by atoms with Crippen molar-refractivity contribution in [3.63, 3.8) is 0 Å². The molecule has 3 heterocycles. The van der Waals surface area contributed by atoms with Crippen molar-refractivity contribution in [2.24, 2.45) is 5.92 Å². The van der Waals surface area contributed by atoms with Crippen molar-refractivity contribution in [2.75, 3.05) is 19.8 Å². The Bertz CT molecular complexity index is 717. The van der Waals surface area contributed by atoms with E-state index in [1.54, 1.807) is 6.07 Å². The van der Waals surface area contributed by atoms with E-state index < -0.39 is 0 Å². The highest BCUT2D eigenvalue weighted by atomic mass is 16.5. The largest absolute Gasteiger partial charge is 0.381 e. The number of ether oxygens (including phenoxy) is 1. The Morgan fingerprint density at radius 1 is 1.17 bits per heavy atom. The summed E-state index contributed by atoms with van der Waals surface area (Å²) in [4.78, 5) is 15.0. The lowest BCUT2D eigenvalue weighted by molar-refractivity contribution is 0.0186. The van der Waals surface area contributed by atoms with Gasteiger partial charge in [0.2, 0.25) is 0 Å². The number of hydrogen-bond acceptors (Lipinski definition) is 4. The van der Waals surface area contributed by atoms with Gasteiger partial charge in [-0.15, -0.1) is 5.10 Å². The third-order valence-electron chi connectivity index (χ3n) is 5.18. The first-order valence-corrected chi connectivity index (χ1v) is 8.48. The summed E-state index contributed by atoms with van der Waals surface area (Å²) < 4.78 is 5.72. The van der Waals surface area contributed by atoms with Crippen LogP contribution in [0.3, 0.4) is 0 Å². The normalized spacial score (nSPS) is 26.2. The fourth-order valence-electron chi connectivity index (χ4n) is 3.95. The molecule has 0 unspecified atom stereocenters. The highest BCUT2D eigenvalue weighted by Gasteiger charge is 2.46. The number of nitrogens with zero attached hydrogens (tertiary/aromatic N) is 3. The van der Waals surface area contributed by atoms with E-state index in [4.69, 9.17) is 4.74 Å². The molecule has 1 amide bonds. The van der Waals surface area contributed by atoms with Crippen molar-refractivity contribution < 1.29 is 9.53 Å². The Morgan fingerprint density at radius 3 is 2.75 bits per heavy atom. The smallest absolute Gasteiger partial charge is 0.274 e. The summed E-state index contributed by atoms with van der Waals surface area (Å²) >= 11 is 0. The van der Waals surface area contributed by atoms with E-state index in [2.05, 4.69) is 34.5 Å². The molecule has 4 rings (SSSR count). The first-order valence-electron chi connectivity index (χ1n) is 8.48. The average molecular weight is 323 g/mol. The van der Waals surface area contributed by atoms with E-state index in [0.29, 0.717) is 30.7 Å². The van der Waals surface area contributed by atoms with Crippen LogP contribution in [0.4, 0.5) is 0 Å². The molecule has 0 saturated carbocycles. The summed E-state index contributed by atoms with van der Waals surface area (Å²) in [7, 11) is 0. The summed E-state index contributed by atoms with van der Waals surface area (Å²) in [6.45, 7) is 4.02. The number of amides is 1. The average Bonchev–Trinajstić information content (AvgIpc) is 3.02. The molecule has 2 aromatic rings. The third kappa shape index (κ3) is 2.69. The molecule has 2 aliphatic heterocycles. The lowest BCUT2D eigenvalue weighted by Gasteiger charge is -2.32. The van der Waals surface area contributed by atoms with Gasteiger partial charge in [0.1, 0.15) is 0 Å². The zero-order valence-corrected chi connectivity index (χ0v) is 13.8. The molecule has 0 spiro atoms. The fourth-order valence-corrected chi connectivity index (χ4v) is 3.95. The number of rotatable bonds is 2. The summed E-state index contributed by atoms with van der Waals surface area (Å²) in [5.41, 5.74) is 2.53. The second kappa shape index (κ2) is 6.32. The molecule has 5 nitrogen and oxygen atoms in total. The second-order valence-corrected chi connectivity index (χ2v) is 6.63. The maximum Gasteiger partial charge on any atom is 0.274 e. The molecule has 0 N–H and O–H groups in total. The number of fused-ring (bicyclic) bond motifs is 1. The molecule has 2 saturated heterocycles. The highest BCUT2D eigenvalue weighted by molar-refractivity contribution is 5.92. The number of benzene rings is 1. The quantitative estimate of drug-likeness (QED) is 0.852. The maximum absolute atomic E-state index is 13.0. The molecular weight excluding hydrogens is 302 g/mol. The predicted octanol–water partition coefficient (Wildman–Crippen LogP) is 2.43. The molecule has 1 aromatic carbocycles. The highest BCUT2D eigenvalue weighted by Crippen LogP contribution is 2.41. The predicted molar refractivity (Wildman–Crippen MR) is 89.7 cm³/mol. The molecule has 2 fully saturated rings. The van der Waals surface area contributed by atoms with Gasteiger partial charge in [-0.1, -0.05) is 30.3 Å². The monoisotopic (exact) mass is 323 g/mol. The van der Waals surface area contributed by atoms with E-state index in [0.717, 1.165) is 18.7 Å². The van der Waals surface area contributed by atoms with Crippen LogP contribution >= 0.6 is 0 Å². The van der Waals surface area contributed by atoms with Crippen molar-refractivity contribution in [3.8, 4) is 0 Å². The van der Waals surface area contributed by atoms with E-state index in [1.165, 1.54) is 5.56 Å². The Balaban J connectivity index is 1.63. The van der Waals surface area contributed by atoms with E-state index in [1.807, 2.05) is 24.0 Å². The topological polar surface area (TPSA) is 55.3 Å². The summed E-state index contributed by atoms with van der Waals surface area (Å²) in [6.07, 6.45) is 0.888. The van der Waals surface area contributed by atoms with Crippen molar-refractivity contribution >= 4 is 5.91 Å². The minimum atomic E-state index is -0.0159. The van der Waals surface area contributed by atoms with Gasteiger partial charge >= 0.3 is 0 Å². The van der Waals surface area contributed by atoms with Crippen molar-refractivity contribution in [1.82, 2.24) is 15.1 Å². The molecular formula is C19H21N3O2. The Morgan fingerprint density at radius 2 is 2.00 bits per heavy atom. The van der Waals surface area contributed by atoms with Gasteiger partial charge < -0.3 is 9.64 Å². The van der Waals surface area contributed by atoms with Gasteiger partial charge in [0.05, 0.1) is 12.3 Å². The van der Waals surface area contributed by atoms with Crippen LogP contribution in [0.25, 0.3) is 0 Å². The second-order valence-electron chi connectivity index (χ2n) is 6.63. The van der Waals surface area contributed by atoms with Gasteiger partial charge in [0, 0.05) is 31.0 Å². The van der Waals surface area contributed by atoms with Gasteiger partial charge in [-0.3, -0.25) is 4.79 Å². The van der Waals surface area contributed by atoms with Crippen LogP contribution in [0.15, 0.2) is 42.5 Å². The lowest BCUT2D eigenvalue weighted by atomic mass is 9.84. The molecule has 24 heavy (non-hydrogen) atoms. The van der Waals surface area contributed by atoms with Gasteiger partial charge in [0.15, 0.2) is 5.69 Å². The molecule has 2 aliphatic rings. The summed E-state index contributed by atoms with van der Waals surface area (Å²) in [5.74, 6) is 0.653. The van der Waals surface area contributed by atoms with Crippen molar-refractivity contribution in [2.45, 2.75) is 25.3 Å². The van der Waals surface area contributed by atoms with Crippen LogP contribution in [-0.2, 0) is 4.74 Å². The number of aromatic nitrogens is 2. The molecule has 0 bridgehead atoms. The zero-order chi connectivity index (χ0) is 16.5.